The second-order valence-electron chi connectivity index (χ2n) is 4.80. The van der Waals surface area contributed by atoms with Crippen LogP contribution in [0, 0.1) is 0 Å². The molecule has 0 unspecified atom stereocenters. The number of hydrogen-bond donors (Lipinski definition) is 1. The SMILES string of the molecule is CS(=O)(=O)c1cccc(NC(=O)COC(=O)/C=C/c2cccs2)c1. The third kappa shape index (κ3) is 5.64. The topological polar surface area (TPSA) is 89.5 Å². The lowest BCUT2D eigenvalue weighted by atomic mass is 10.3. The number of carbonyl (C=O) groups excluding carboxylic acids is 2. The number of thiophene rings is 1. The van der Waals surface area contributed by atoms with Crippen LogP contribution in [0.3, 0.4) is 0 Å². The Kier molecular flexibility index (Phi) is 5.88. The Labute approximate surface area is 143 Å². The molecule has 0 radical (unpaired) electrons. The molecule has 1 N–H and O–H groups in total. The molecule has 0 saturated heterocycles. The molecule has 1 aromatic heterocycles. The highest BCUT2D eigenvalue weighted by atomic mass is 32.2. The van der Waals surface area contributed by atoms with Crippen molar-refractivity contribution in [3.63, 3.8) is 0 Å². The van der Waals surface area contributed by atoms with Crippen LogP contribution in [0.4, 0.5) is 5.69 Å². The van der Waals surface area contributed by atoms with Crippen molar-refractivity contribution in [1.82, 2.24) is 0 Å². The van der Waals surface area contributed by atoms with Gasteiger partial charge >= 0.3 is 5.97 Å². The molecule has 1 aromatic carbocycles. The van der Waals surface area contributed by atoms with Gasteiger partial charge in [0.05, 0.1) is 4.90 Å². The Bertz CT molecular complexity index is 854. The van der Waals surface area contributed by atoms with Crippen molar-refractivity contribution < 1.29 is 22.7 Å². The van der Waals surface area contributed by atoms with Crippen molar-refractivity contribution in [2.45, 2.75) is 4.90 Å². The fraction of sp³-hybridized carbons (Fsp3) is 0.125. The number of nitrogens with one attached hydrogen (secondary N) is 1. The van der Waals surface area contributed by atoms with Gasteiger partial charge in [0.25, 0.3) is 5.91 Å². The van der Waals surface area contributed by atoms with Gasteiger partial charge in [-0.2, -0.15) is 0 Å². The molecule has 1 heterocycles. The van der Waals surface area contributed by atoms with Gasteiger partial charge in [-0.05, 0) is 35.7 Å². The molecule has 0 saturated carbocycles. The minimum Gasteiger partial charge on any atom is -0.452 e. The summed E-state index contributed by atoms with van der Waals surface area (Å²) in [6, 6.07) is 9.53. The van der Waals surface area contributed by atoms with E-state index in [9.17, 15) is 18.0 Å². The lowest BCUT2D eigenvalue weighted by Crippen LogP contribution is -2.20. The zero-order valence-electron chi connectivity index (χ0n) is 12.8. The van der Waals surface area contributed by atoms with E-state index in [2.05, 4.69) is 5.32 Å². The number of benzene rings is 1. The van der Waals surface area contributed by atoms with Crippen molar-refractivity contribution in [1.29, 1.82) is 0 Å². The largest absolute Gasteiger partial charge is 0.452 e. The molecule has 2 rings (SSSR count). The monoisotopic (exact) mass is 365 g/mol. The number of sulfone groups is 1. The first-order valence-electron chi connectivity index (χ1n) is 6.83. The minimum absolute atomic E-state index is 0.0937. The number of hydrogen-bond acceptors (Lipinski definition) is 6. The van der Waals surface area contributed by atoms with E-state index in [-0.39, 0.29) is 4.90 Å². The first kappa shape index (κ1) is 17.9. The molecule has 8 heteroatoms. The highest BCUT2D eigenvalue weighted by Gasteiger charge is 2.10. The summed E-state index contributed by atoms with van der Waals surface area (Å²) in [5, 5.41) is 4.35. The summed E-state index contributed by atoms with van der Waals surface area (Å²) in [5.74, 6) is -1.19. The molecule has 0 aliphatic carbocycles. The van der Waals surface area contributed by atoms with E-state index >= 15 is 0 Å². The van der Waals surface area contributed by atoms with Crippen LogP contribution in [-0.4, -0.2) is 33.2 Å². The Morgan fingerprint density at radius 3 is 2.71 bits per heavy atom. The smallest absolute Gasteiger partial charge is 0.331 e. The molecule has 1 amide bonds. The van der Waals surface area contributed by atoms with E-state index in [1.807, 2.05) is 17.5 Å². The molecule has 2 aromatic rings. The van der Waals surface area contributed by atoms with Crippen molar-refractivity contribution in [2.24, 2.45) is 0 Å². The summed E-state index contributed by atoms with van der Waals surface area (Å²) in [6.07, 6.45) is 3.92. The Balaban J connectivity index is 1.86. The predicted molar refractivity (Wildman–Crippen MR) is 92.5 cm³/mol. The number of ether oxygens (including phenoxy) is 1. The van der Waals surface area contributed by atoms with Gasteiger partial charge < -0.3 is 10.1 Å². The van der Waals surface area contributed by atoms with Gasteiger partial charge in [-0.25, -0.2) is 13.2 Å². The van der Waals surface area contributed by atoms with Crippen LogP contribution in [0.2, 0.25) is 0 Å². The zero-order valence-corrected chi connectivity index (χ0v) is 14.4. The van der Waals surface area contributed by atoms with E-state index in [1.54, 1.807) is 12.1 Å². The van der Waals surface area contributed by atoms with Gasteiger partial charge in [-0.1, -0.05) is 12.1 Å². The van der Waals surface area contributed by atoms with Gasteiger partial charge in [0.1, 0.15) is 0 Å². The summed E-state index contributed by atoms with van der Waals surface area (Å²) in [6.45, 7) is -0.462. The van der Waals surface area contributed by atoms with Crippen molar-refractivity contribution in [3.05, 3.63) is 52.7 Å². The third-order valence-corrected chi connectivity index (χ3v) is 4.77. The molecular formula is C16H15NO5S2. The van der Waals surface area contributed by atoms with E-state index in [0.29, 0.717) is 5.69 Å². The molecule has 0 atom stereocenters. The molecule has 0 fully saturated rings. The van der Waals surface area contributed by atoms with Gasteiger partial charge in [-0.3, -0.25) is 4.79 Å². The van der Waals surface area contributed by atoms with Crippen LogP contribution in [0.1, 0.15) is 4.88 Å². The highest BCUT2D eigenvalue weighted by Crippen LogP contribution is 2.15. The van der Waals surface area contributed by atoms with E-state index in [4.69, 9.17) is 4.74 Å². The fourth-order valence-corrected chi connectivity index (χ4v) is 3.01. The number of esters is 1. The summed E-state index contributed by atoms with van der Waals surface area (Å²) in [5.41, 5.74) is 0.313. The van der Waals surface area contributed by atoms with Crippen LogP contribution in [0.5, 0.6) is 0 Å². The lowest BCUT2D eigenvalue weighted by molar-refractivity contribution is -0.142. The average molecular weight is 365 g/mol. The maximum atomic E-state index is 11.8. The quantitative estimate of drug-likeness (QED) is 0.627. The molecule has 0 spiro atoms. The first-order chi connectivity index (χ1) is 11.3. The molecule has 0 aliphatic rings. The number of anilines is 1. The highest BCUT2D eigenvalue weighted by molar-refractivity contribution is 7.90. The molecule has 0 aliphatic heterocycles. The van der Waals surface area contributed by atoms with E-state index in [1.165, 1.54) is 35.6 Å². The van der Waals surface area contributed by atoms with Crippen molar-refractivity contribution in [2.75, 3.05) is 18.2 Å². The Morgan fingerprint density at radius 2 is 2.04 bits per heavy atom. The Morgan fingerprint density at radius 1 is 1.25 bits per heavy atom. The molecule has 24 heavy (non-hydrogen) atoms. The van der Waals surface area contributed by atoms with Crippen molar-refractivity contribution in [3.8, 4) is 0 Å². The fourth-order valence-electron chi connectivity index (χ4n) is 1.72. The first-order valence-corrected chi connectivity index (χ1v) is 9.60. The maximum absolute atomic E-state index is 11.8. The normalized spacial score (nSPS) is 11.4. The summed E-state index contributed by atoms with van der Waals surface area (Å²) < 4.78 is 27.8. The van der Waals surface area contributed by atoms with Crippen LogP contribution >= 0.6 is 11.3 Å². The number of rotatable bonds is 6. The van der Waals surface area contributed by atoms with Crippen LogP contribution < -0.4 is 5.32 Å². The predicted octanol–water partition coefficient (Wildman–Crippen LogP) is 2.35. The van der Waals surface area contributed by atoms with Gasteiger partial charge in [-0.15, -0.1) is 11.3 Å². The zero-order chi connectivity index (χ0) is 17.6. The van der Waals surface area contributed by atoms with E-state index in [0.717, 1.165) is 11.1 Å². The summed E-state index contributed by atoms with van der Waals surface area (Å²) >= 11 is 1.47. The Hall–Kier alpha value is -2.45. The van der Waals surface area contributed by atoms with Gasteiger partial charge in [0.15, 0.2) is 16.4 Å². The second-order valence-corrected chi connectivity index (χ2v) is 7.80. The molecule has 126 valence electrons. The molecular weight excluding hydrogens is 350 g/mol. The van der Waals surface area contributed by atoms with Crippen LogP contribution in [0.15, 0.2) is 52.7 Å². The average Bonchev–Trinajstić information content (AvgIpc) is 3.04. The van der Waals surface area contributed by atoms with Crippen molar-refractivity contribution >= 4 is 44.8 Å². The third-order valence-electron chi connectivity index (χ3n) is 2.82. The summed E-state index contributed by atoms with van der Waals surface area (Å²) in [7, 11) is -3.36. The number of amides is 1. The van der Waals surface area contributed by atoms with Gasteiger partial charge in [0, 0.05) is 22.9 Å². The molecule has 6 nitrogen and oxygen atoms in total. The maximum Gasteiger partial charge on any atom is 0.331 e. The minimum atomic E-state index is -3.36. The second kappa shape index (κ2) is 7.89. The lowest BCUT2D eigenvalue weighted by Gasteiger charge is -2.06. The van der Waals surface area contributed by atoms with Crippen LogP contribution in [-0.2, 0) is 24.2 Å². The van der Waals surface area contributed by atoms with Crippen LogP contribution in [0.25, 0.3) is 6.08 Å². The molecule has 0 bridgehead atoms. The van der Waals surface area contributed by atoms with Gasteiger partial charge in [0.2, 0.25) is 0 Å². The van der Waals surface area contributed by atoms with E-state index < -0.39 is 28.3 Å². The number of carbonyl (C=O) groups is 2. The summed E-state index contributed by atoms with van der Waals surface area (Å²) in [4.78, 5) is 24.3. The standard InChI is InChI=1S/C16H15NO5S2/c1-24(20,21)14-6-2-4-12(10-14)17-15(18)11-22-16(19)8-7-13-5-3-9-23-13/h2-10H,11H2,1H3,(H,17,18)/b8-7+.